The fraction of sp³-hybridized carbons (Fsp3) is 1.00. The molecule has 0 amide bonds. The topological polar surface area (TPSA) is 20.2 Å². The van der Waals surface area contributed by atoms with E-state index in [1.807, 2.05) is 0 Å². The zero-order chi connectivity index (χ0) is 12.6. The van der Waals surface area contributed by atoms with Crippen molar-refractivity contribution in [1.82, 2.24) is 0 Å². The predicted octanol–water partition coefficient (Wildman–Crippen LogP) is 3.51. The summed E-state index contributed by atoms with van der Waals surface area (Å²) in [4.78, 5) is 0. The van der Waals surface area contributed by atoms with Gasteiger partial charge in [-0.15, -0.1) is 0 Å². The zero-order valence-electron chi connectivity index (χ0n) is 12.1. The number of unbranched alkanes of at least 4 members (excludes halogenated alkanes) is 13. The van der Waals surface area contributed by atoms with Crippen molar-refractivity contribution < 1.29 is 5.11 Å². The Hall–Kier alpha value is 2.96. The summed E-state index contributed by atoms with van der Waals surface area (Å²) < 4.78 is 0. The summed E-state index contributed by atoms with van der Waals surface area (Å²) in [5.41, 5.74) is 0. The molecule has 0 saturated carbocycles. The second-order valence-corrected chi connectivity index (χ2v) is 5.32. The van der Waals surface area contributed by atoms with Gasteiger partial charge in [-0.1, -0.05) is 90.4 Å². The van der Waals surface area contributed by atoms with E-state index >= 15 is 0 Å². The van der Waals surface area contributed by atoms with Gasteiger partial charge < -0.3 is 5.11 Å². The second-order valence-electron chi connectivity index (χ2n) is 5.32. The molecule has 110 valence electrons. The normalized spacial score (nSPS) is 9.30. The van der Waals surface area contributed by atoms with Gasteiger partial charge in [-0.25, -0.2) is 0 Å². The van der Waals surface area contributed by atoms with Gasteiger partial charge in [0.1, 0.15) is 0 Å². The van der Waals surface area contributed by atoms with Crippen LogP contribution in [0.1, 0.15) is 96.8 Å². The Bertz CT molecular complexity index is 121. The Balaban J connectivity index is -0.000000427. The monoisotopic (exact) mass is 314 g/mol. The Morgan fingerprint density at radius 1 is 0.450 bits per heavy atom. The Morgan fingerprint density at radius 2 is 0.700 bits per heavy atom. The standard InChI is InChI=1S/C16H34O.3Na.3H/c1-2-3-4-5-6-7-8-9-10-11-12-13-14-15-16-17;;;;;;/h17H,2-16H2,1H3;;;;;;. The molecule has 20 heavy (non-hydrogen) atoms. The van der Waals surface area contributed by atoms with Crippen LogP contribution in [0.15, 0.2) is 0 Å². The first-order valence-corrected chi connectivity index (χ1v) is 8.02. The van der Waals surface area contributed by atoms with Crippen LogP contribution in [0.25, 0.3) is 0 Å². The van der Waals surface area contributed by atoms with E-state index in [0.29, 0.717) is 6.61 Å². The molecule has 0 saturated heterocycles. The van der Waals surface area contributed by atoms with Gasteiger partial charge in [0.15, 0.2) is 0 Å². The van der Waals surface area contributed by atoms with Gasteiger partial charge in [-0.05, 0) is 6.42 Å². The molecule has 0 fully saturated rings. The van der Waals surface area contributed by atoms with Gasteiger partial charge in [0.2, 0.25) is 0 Å². The van der Waals surface area contributed by atoms with Crippen molar-refractivity contribution in [3.8, 4) is 0 Å². The Labute approximate surface area is 194 Å². The van der Waals surface area contributed by atoms with E-state index in [4.69, 9.17) is 5.11 Å². The first kappa shape index (κ1) is 30.8. The molecule has 1 nitrogen and oxygen atoms in total. The van der Waals surface area contributed by atoms with Gasteiger partial charge in [-0.2, -0.15) is 0 Å². The summed E-state index contributed by atoms with van der Waals surface area (Å²) in [5.74, 6) is 0. The molecule has 0 bridgehead atoms. The molecule has 0 aliphatic rings. The van der Waals surface area contributed by atoms with Gasteiger partial charge in [-0.3, -0.25) is 0 Å². The minimum absolute atomic E-state index is 0. The van der Waals surface area contributed by atoms with Crippen LogP contribution < -0.4 is 0 Å². The second kappa shape index (κ2) is 29.9. The maximum absolute atomic E-state index is 8.64. The van der Waals surface area contributed by atoms with Gasteiger partial charge >= 0.3 is 88.7 Å². The van der Waals surface area contributed by atoms with E-state index in [9.17, 15) is 0 Å². The molecular weight excluding hydrogens is 277 g/mol. The molecule has 0 aromatic carbocycles. The van der Waals surface area contributed by atoms with Crippen molar-refractivity contribution in [2.45, 2.75) is 96.8 Å². The zero-order valence-corrected chi connectivity index (χ0v) is 12.1. The molecule has 0 spiro atoms. The van der Waals surface area contributed by atoms with E-state index < -0.39 is 0 Å². The van der Waals surface area contributed by atoms with Crippen molar-refractivity contribution >= 4 is 88.7 Å². The van der Waals surface area contributed by atoms with Gasteiger partial charge in [0.05, 0.1) is 0 Å². The summed E-state index contributed by atoms with van der Waals surface area (Å²) in [6.45, 7) is 2.65. The molecular formula is C16H37Na3O. The van der Waals surface area contributed by atoms with Gasteiger partial charge in [0.25, 0.3) is 0 Å². The van der Waals surface area contributed by atoms with Crippen molar-refractivity contribution in [3.63, 3.8) is 0 Å². The first-order chi connectivity index (χ1) is 8.41. The molecule has 4 heteroatoms. The molecule has 0 rings (SSSR count). The number of rotatable bonds is 14. The van der Waals surface area contributed by atoms with E-state index in [-0.39, 0.29) is 88.7 Å². The fourth-order valence-corrected chi connectivity index (χ4v) is 2.31. The summed E-state index contributed by atoms with van der Waals surface area (Å²) in [6.07, 6.45) is 19.2. The SMILES string of the molecule is CCCCCCCCCCCCCCCCO.[NaH].[NaH].[NaH]. The number of aliphatic hydroxyl groups excluding tert-OH is 1. The van der Waals surface area contributed by atoms with E-state index in [1.54, 1.807) is 0 Å². The first-order valence-electron chi connectivity index (χ1n) is 8.02. The average molecular weight is 314 g/mol. The van der Waals surface area contributed by atoms with Gasteiger partial charge in [0, 0.05) is 6.61 Å². The van der Waals surface area contributed by atoms with Crippen LogP contribution >= 0.6 is 0 Å². The maximum atomic E-state index is 8.64. The molecule has 1 N–H and O–H groups in total. The Kier molecular flexibility index (Phi) is 46.1. The van der Waals surface area contributed by atoms with Crippen molar-refractivity contribution in [3.05, 3.63) is 0 Å². The fourth-order valence-electron chi connectivity index (χ4n) is 2.31. The summed E-state index contributed by atoms with van der Waals surface area (Å²) in [7, 11) is 0. The van der Waals surface area contributed by atoms with E-state index in [2.05, 4.69) is 6.92 Å². The van der Waals surface area contributed by atoms with Crippen LogP contribution in [0.4, 0.5) is 0 Å². The third kappa shape index (κ3) is 29.0. The molecule has 0 heterocycles. The van der Waals surface area contributed by atoms with Crippen LogP contribution in [-0.4, -0.2) is 100 Å². The van der Waals surface area contributed by atoms with E-state index in [0.717, 1.165) is 6.42 Å². The molecule has 0 radical (unpaired) electrons. The summed E-state index contributed by atoms with van der Waals surface area (Å²) in [6, 6.07) is 0. The molecule has 0 atom stereocenters. The van der Waals surface area contributed by atoms with Crippen molar-refractivity contribution in [1.29, 1.82) is 0 Å². The quantitative estimate of drug-likeness (QED) is 0.384. The van der Waals surface area contributed by atoms with Crippen LogP contribution in [0.3, 0.4) is 0 Å². The number of aliphatic hydroxyl groups is 1. The summed E-state index contributed by atoms with van der Waals surface area (Å²) in [5, 5.41) is 8.64. The van der Waals surface area contributed by atoms with Crippen molar-refractivity contribution in [2.24, 2.45) is 0 Å². The van der Waals surface area contributed by atoms with E-state index in [1.165, 1.54) is 83.5 Å². The minimum atomic E-state index is 0. The average Bonchev–Trinajstić information content (AvgIpc) is 2.35. The van der Waals surface area contributed by atoms with Crippen LogP contribution in [0.5, 0.6) is 0 Å². The molecule has 0 aliphatic heterocycles. The van der Waals surface area contributed by atoms with Crippen LogP contribution in [-0.2, 0) is 0 Å². The molecule has 0 aromatic heterocycles. The third-order valence-electron chi connectivity index (χ3n) is 3.51. The number of hydrogen-bond donors (Lipinski definition) is 1. The number of hydrogen-bond acceptors (Lipinski definition) is 1. The van der Waals surface area contributed by atoms with Crippen molar-refractivity contribution in [2.75, 3.05) is 6.61 Å². The van der Waals surface area contributed by atoms with Crippen LogP contribution in [0, 0.1) is 0 Å². The molecule has 0 aromatic rings. The molecule has 0 unspecified atom stereocenters. The predicted molar refractivity (Wildman–Crippen MR) is 98.8 cm³/mol. The molecule has 0 aliphatic carbocycles. The van der Waals surface area contributed by atoms with Crippen LogP contribution in [0.2, 0.25) is 0 Å². The Morgan fingerprint density at radius 3 is 0.950 bits per heavy atom. The third-order valence-corrected chi connectivity index (χ3v) is 3.51. The summed E-state index contributed by atoms with van der Waals surface area (Å²) >= 11 is 0.